The zero-order valence-electron chi connectivity index (χ0n) is 17.5. The first kappa shape index (κ1) is 23.6. The molecule has 4 rings (SSSR count). The Hall–Kier alpha value is -3.59. The van der Waals surface area contributed by atoms with Gasteiger partial charge in [0.1, 0.15) is 17.7 Å². The van der Waals surface area contributed by atoms with Crippen molar-refractivity contribution >= 4 is 28.4 Å². The fraction of sp³-hybridized carbons (Fsp3) is 0.167. The lowest BCUT2D eigenvalue weighted by molar-refractivity contribution is -0.173. The van der Waals surface area contributed by atoms with Crippen LogP contribution in [-0.2, 0) is 4.79 Å². The number of benzene rings is 2. The SMILES string of the molecule is C=C(NC(=O)C(F)(F)F)[C@H](Oc1ccc2c(cnn2-c2ccc(F)cc2)c1)C1C=C(Cl)C=CC1. The molecule has 0 radical (unpaired) electrons. The summed E-state index contributed by atoms with van der Waals surface area (Å²) in [7, 11) is 0. The minimum absolute atomic E-state index is 0.245. The Kier molecular flexibility index (Phi) is 6.47. The van der Waals surface area contributed by atoms with Gasteiger partial charge in [-0.15, -0.1) is 0 Å². The highest BCUT2D eigenvalue weighted by Crippen LogP contribution is 2.30. The number of hydrogen-bond donors (Lipinski definition) is 1. The lowest BCUT2D eigenvalue weighted by Crippen LogP contribution is -2.42. The summed E-state index contributed by atoms with van der Waals surface area (Å²) in [5, 5.41) is 7.19. The number of hydrogen-bond acceptors (Lipinski definition) is 3. The topological polar surface area (TPSA) is 56.1 Å². The van der Waals surface area contributed by atoms with E-state index in [-0.39, 0.29) is 11.5 Å². The third kappa shape index (κ3) is 5.14. The summed E-state index contributed by atoms with van der Waals surface area (Å²) in [6, 6.07) is 10.8. The van der Waals surface area contributed by atoms with Crippen molar-refractivity contribution in [1.29, 1.82) is 0 Å². The van der Waals surface area contributed by atoms with Crippen molar-refractivity contribution in [3.63, 3.8) is 0 Å². The summed E-state index contributed by atoms with van der Waals surface area (Å²) >= 11 is 6.08. The van der Waals surface area contributed by atoms with Crippen molar-refractivity contribution in [3.8, 4) is 11.4 Å². The molecule has 1 heterocycles. The van der Waals surface area contributed by atoms with Gasteiger partial charge in [0.15, 0.2) is 0 Å². The number of fused-ring (bicyclic) bond motifs is 1. The number of rotatable bonds is 6. The molecule has 0 saturated heterocycles. The molecule has 34 heavy (non-hydrogen) atoms. The number of amides is 1. The van der Waals surface area contributed by atoms with Crippen LogP contribution in [0.25, 0.3) is 16.6 Å². The van der Waals surface area contributed by atoms with E-state index in [1.165, 1.54) is 12.1 Å². The van der Waals surface area contributed by atoms with Crippen molar-refractivity contribution in [1.82, 2.24) is 15.1 Å². The Bertz CT molecular complexity index is 1300. The van der Waals surface area contributed by atoms with Crippen molar-refractivity contribution in [2.45, 2.75) is 18.7 Å². The highest BCUT2D eigenvalue weighted by molar-refractivity contribution is 6.31. The Morgan fingerprint density at radius 3 is 2.65 bits per heavy atom. The average molecular weight is 492 g/mol. The number of nitrogens with zero attached hydrogens (tertiary/aromatic N) is 2. The van der Waals surface area contributed by atoms with Crippen LogP contribution >= 0.6 is 11.6 Å². The van der Waals surface area contributed by atoms with Gasteiger partial charge in [0, 0.05) is 16.3 Å². The predicted molar refractivity (Wildman–Crippen MR) is 120 cm³/mol. The second-order valence-electron chi connectivity index (χ2n) is 7.62. The number of nitrogens with one attached hydrogen (secondary N) is 1. The van der Waals surface area contributed by atoms with Crippen molar-refractivity contribution in [3.05, 3.63) is 90.0 Å². The average Bonchev–Trinajstić information content (AvgIpc) is 3.20. The van der Waals surface area contributed by atoms with E-state index < -0.39 is 24.1 Å². The molecule has 0 bridgehead atoms. The number of halogens is 5. The number of carbonyl (C=O) groups excluding carboxylic acids is 1. The molecule has 0 aliphatic heterocycles. The number of allylic oxidation sites excluding steroid dienone is 3. The summed E-state index contributed by atoms with van der Waals surface area (Å²) < 4.78 is 59.2. The van der Waals surface area contributed by atoms with E-state index in [2.05, 4.69) is 11.7 Å². The fourth-order valence-corrected chi connectivity index (χ4v) is 3.85. The number of aromatic nitrogens is 2. The van der Waals surface area contributed by atoms with Crippen LogP contribution < -0.4 is 10.1 Å². The van der Waals surface area contributed by atoms with Gasteiger partial charge in [-0.25, -0.2) is 9.07 Å². The van der Waals surface area contributed by atoms with Crippen LogP contribution in [-0.4, -0.2) is 28.0 Å². The molecule has 1 amide bonds. The second-order valence-corrected chi connectivity index (χ2v) is 8.06. The zero-order chi connectivity index (χ0) is 24.5. The van der Waals surface area contributed by atoms with E-state index in [0.717, 1.165) is 0 Å². The molecule has 0 saturated carbocycles. The van der Waals surface area contributed by atoms with Crippen LogP contribution in [0.4, 0.5) is 17.6 Å². The third-order valence-electron chi connectivity index (χ3n) is 5.20. The van der Waals surface area contributed by atoms with E-state index in [1.807, 2.05) is 0 Å². The molecule has 2 atom stereocenters. The Labute approximate surface area is 197 Å². The van der Waals surface area contributed by atoms with Gasteiger partial charge >= 0.3 is 12.1 Å². The standard InChI is InChI=1S/C24H18ClF4N3O2/c1-14(31-23(33)24(27,28)29)22(15-3-2-4-17(25)11-15)34-20-9-10-21-16(12-20)13-30-32(21)19-7-5-18(26)6-8-19/h2,4-13,15,22H,1,3H2,(H,31,33)/t15?,22-/m0/s1. The maximum absolute atomic E-state index is 13.2. The van der Waals surface area contributed by atoms with Crippen LogP contribution in [0.2, 0.25) is 0 Å². The summed E-state index contributed by atoms with van der Waals surface area (Å²) in [6.45, 7) is 3.62. The lowest BCUT2D eigenvalue weighted by Gasteiger charge is -2.29. The molecule has 5 nitrogen and oxygen atoms in total. The molecule has 176 valence electrons. The molecule has 1 aliphatic rings. The Morgan fingerprint density at radius 2 is 1.97 bits per heavy atom. The molecule has 1 aromatic heterocycles. The van der Waals surface area contributed by atoms with Crippen molar-refractivity contribution in [2.75, 3.05) is 0 Å². The van der Waals surface area contributed by atoms with E-state index in [0.29, 0.717) is 33.8 Å². The highest BCUT2D eigenvalue weighted by Gasteiger charge is 2.40. The molecular weight excluding hydrogens is 474 g/mol. The van der Waals surface area contributed by atoms with E-state index in [4.69, 9.17) is 16.3 Å². The first-order valence-electron chi connectivity index (χ1n) is 10.1. The molecule has 3 aromatic rings. The highest BCUT2D eigenvalue weighted by atomic mass is 35.5. The van der Waals surface area contributed by atoms with Gasteiger partial charge in [0.25, 0.3) is 0 Å². The lowest BCUT2D eigenvalue weighted by atomic mass is 9.92. The summed E-state index contributed by atoms with van der Waals surface area (Å²) in [5.74, 6) is -2.64. The van der Waals surface area contributed by atoms with E-state index in [1.54, 1.807) is 64.8 Å². The van der Waals surface area contributed by atoms with Crippen molar-refractivity contribution < 1.29 is 27.1 Å². The van der Waals surface area contributed by atoms with Gasteiger partial charge in [-0.1, -0.05) is 30.3 Å². The van der Waals surface area contributed by atoms with Crippen LogP contribution in [0.15, 0.2) is 84.2 Å². The number of alkyl halides is 3. The monoisotopic (exact) mass is 491 g/mol. The van der Waals surface area contributed by atoms with Crippen LogP contribution in [0.3, 0.4) is 0 Å². The van der Waals surface area contributed by atoms with E-state index in [9.17, 15) is 22.4 Å². The minimum Gasteiger partial charge on any atom is -0.484 e. The molecular formula is C24H18ClF4N3O2. The number of carbonyl (C=O) groups is 1. The largest absolute Gasteiger partial charge is 0.484 e. The molecule has 10 heteroatoms. The molecule has 1 N–H and O–H groups in total. The maximum atomic E-state index is 13.2. The van der Waals surface area contributed by atoms with Crippen LogP contribution in [0, 0.1) is 11.7 Å². The maximum Gasteiger partial charge on any atom is 0.471 e. The fourth-order valence-electron chi connectivity index (χ4n) is 3.60. The summed E-state index contributed by atoms with van der Waals surface area (Å²) in [5.41, 5.74) is 1.12. The first-order chi connectivity index (χ1) is 16.1. The predicted octanol–water partition coefficient (Wildman–Crippen LogP) is 5.80. The second kappa shape index (κ2) is 9.34. The summed E-state index contributed by atoms with van der Waals surface area (Å²) in [4.78, 5) is 11.5. The molecule has 1 unspecified atom stereocenters. The van der Waals surface area contributed by atoms with Crippen LogP contribution in [0.1, 0.15) is 6.42 Å². The minimum atomic E-state index is -5.07. The molecule has 2 aromatic carbocycles. The Balaban J connectivity index is 1.62. The zero-order valence-corrected chi connectivity index (χ0v) is 18.3. The molecule has 0 fully saturated rings. The summed E-state index contributed by atoms with van der Waals surface area (Å²) in [6.07, 6.45) is 0.992. The smallest absolute Gasteiger partial charge is 0.471 e. The molecule has 0 spiro atoms. The van der Waals surface area contributed by atoms with Gasteiger partial charge in [-0.05, 0) is 55.0 Å². The first-order valence-corrected chi connectivity index (χ1v) is 10.5. The molecule has 1 aliphatic carbocycles. The van der Waals surface area contributed by atoms with Gasteiger partial charge in [-0.2, -0.15) is 18.3 Å². The van der Waals surface area contributed by atoms with Gasteiger partial charge < -0.3 is 10.1 Å². The van der Waals surface area contributed by atoms with Gasteiger partial charge in [0.2, 0.25) is 0 Å². The normalized spacial score (nSPS) is 16.7. The third-order valence-corrected chi connectivity index (χ3v) is 5.45. The number of ether oxygens (including phenoxy) is 1. The van der Waals surface area contributed by atoms with Gasteiger partial charge in [-0.3, -0.25) is 4.79 Å². The van der Waals surface area contributed by atoms with Crippen LogP contribution in [0.5, 0.6) is 5.75 Å². The van der Waals surface area contributed by atoms with Crippen molar-refractivity contribution in [2.24, 2.45) is 5.92 Å². The van der Waals surface area contributed by atoms with Gasteiger partial charge in [0.05, 0.1) is 23.1 Å². The van der Waals surface area contributed by atoms with E-state index >= 15 is 0 Å². The quantitative estimate of drug-likeness (QED) is 0.443. The Morgan fingerprint density at radius 1 is 1.24 bits per heavy atom.